The van der Waals surface area contributed by atoms with Crippen LogP contribution in [0.25, 0.3) is 0 Å². The Morgan fingerprint density at radius 2 is 2.07 bits per heavy atom. The third-order valence-electron chi connectivity index (χ3n) is 2.58. The van der Waals surface area contributed by atoms with Gasteiger partial charge in [-0.3, -0.25) is 0 Å². The minimum Gasteiger partial charge on any atom is -0.375 e. The van der Waals surface area contributed by atoms with E-state index in [0.29, 0.717) is 0 Å². The summed E-state index contributed by atoms with van der Waals surface area (Å²) in [7, 11) is 2.12. The largest absolute Gasteiger partial charge is 0.375 e. The maximum Gasteiger partial charge on any atom is 0.0393 e. The van der Waals surface area contributed by atoms with Crippen LogP contribution in [0, 0.1) is 6.92 Å². The Balaban J connectivity index is 2.89. The molecule has 0 saturated heterocycles. The van der Waals surface area contributed by atoms with Gasteiger partial charge in [0.15, 0.2) is 0 Å². The van der Waals surface area contributed by atoms with Crippen molar-refractivity contribution >= 4 is 5.69 Å². The van der Waals surface area contributed by atoms with Crippen molar-refractivity contribution in [2.24, 2.45) is 5.73 Å². The Hall–Kier alpha value is -1.02. The number of nitrogens with two attached hydrogens (primary N) is 1. The third-order valence-corrected chi connectivity index (χ3v) is 2.58. The molecule has 2 nitrogen and oxygen atoms in total. The van der Waals surface area contributed by atoms with Crippen molar-refractivity contribution in [2.45, 2.75) is 20.3 Å². The summed E-state index contributed by atoms with van der Waals surface area (Å²) in [5.41, 5.74) is 9.50. The molecule has 0 aliphatic rings. The van der Waals surface area contributed by atoms with Crippen LogP contribution in [0.1, 0.15) is 18.1 Å². The molecule has 1 aromatic carbocycles. The summed E-state index contributed by atoms with van der Waals surface area (Å²) in [5, 5.41) is 0. The number of rotatable bonds is 4. The summed E-state index contributed by atoms with van der Waals surface area (Å²) in [6.07, 6.45) is 0.969. The second kappa shape index (κ2) is 5.01. The molecule has 14 heavy (non-hydrogen) atoms. The Morgan fingerprint density at radius 1 is 1.36 bits per heavy atom. The van der Waals surface area contributed by atoms with E-state index in [0.717, 1.165) is 19.5 Å². The van der Waals surface area contributed by atoms with E-state index >= 15 is 0 Å². The van der Waals surface area contributed by atoms with Crippen molar-refractivity contribution in [3.05, 3.63) is 29.3 Å². The summed E-state index contributed by atoms with van der Waals surface area (Å²) in [6, 6.07) is 6.58. The molecule has 0 aromatic heterocycles. The fourth-order valence-corrected chi connectivity index (χ4v) is 1.64. The van der Waals surface area contributed by atoms with Crippen LogP contribution in [-0.2, 0) is 6.42 Å². The zero-order valence-corrected chi connectivity index (χ0v) is 9.38. The van der Waals surface area contributed by atoms with Crippen LogP contribution in [0.3, 0.4) is 0 Å². The molecule has 1 aromatic rings. The van der Waals surface area contributed by atoms with Crippen molar-refractivity contribution in [2.75, 3.05) is 25.0 Å². The van der Waals surface area contributed by atoms with Crippen molar-refractivity contribution in [3.63, 3.8) is 0 Å². The van der Waals surface area contributed by atoms with Crippen molar-refractivity contribution in [1.29, 1.82) is 0 Å². The van der Waals surface area contributed by atoms with Gasteiger partial charge in [-0.25, -0.2) is 0 Å². The maximum absolute atomic E-state index is 5.52. The van der Waals surface area contributed by atoms with Gasteiger partial charge in [0.05, 0.1) is 0 Å². The van der Waals surface area contributed by atoms with E-state index in [1.807, 2.05) is 0 Å². The minimum absolute atomic E-state index is 0.725. The zero-order chi connectivity index (χ0) is 10.6. The average Bonchev–Trinajstić information content (AvgIpc) is 2.17. The zero-order valence-electron chi connectivity index (χ0n) is 9.38. The molecule has 0 heterocycles. The van der Waals surface area contributed by atoms with Gasteiger partial charge in [0, 0.05) is 19.3 Å². The molecule has 0 radical (unpaired) electrons. The second-order valence-electron chi connectivity index (χ2n) is 3.67. The van der Waals surface area contributed by atoms with Crippen LogP contribution in [0.2, 0.25) is 0 Å². The molecule has 0 aliphatic heterocycles. The Labute approximate surface area is 86.7 Å². The molecule has 2 heteroatoms. The van der Waals surface area contributed by atoms with E-state index < -0.39 is 0 Å². The Bertz CT molecular complexity index is 294. The van der Waals surface area contributed by atoms with Gasteiger partial charge in [-0.2, -0.15) is 0 Å². The Morgan fingerprint density at radius 3 is 2.57 bits per heavy atom. The molecular formula is C12H20N2. The number of aryl methyl sites for hydroxylation is 1. The number of anilines is 1. The van der Waals surface area contributed by atoms with Crippen molar-refractivity contribution < 1.29 is 0 Å². The number of nitrogens with zero attached hydrogens (tertiary/aromatic N) is 1. The highest BCUT2D eigenvalue weighted by Gasteiger charge is 2.02. The topological polar surface area (TPSA) is 29.3 Å². The molecule has 0 unspecified atom stereocenters. The van der Waals surface area contributed by atoms with Gasteiger partial charge in [0.1, 0.15) is 0 Å². The fraction of sp³-hybridized carbons (Fsp3) is 0.500. The molecule has 2 N–H and O–H groups in total. The predicted molar refractivity (Wildman–Crippen MR) is 62.9 cm³/mol. The molecule has 0 spiro atoms. The molecule has 0 aliphatic carbocycles. The van der Waals surface area contributed by atoms with Crippen LogP contribution >= 0.6 is 0 Å². The van der Waals surface area contributed by atoms with Crippen molar-refractivity contribution in [3.8, 4) is 0 Å². The van der Waals surface area contributed by atoms with Crippen LogP contribution in [0.4, 0.5) is 5.69 Å². The number of benzene rings is 1. The molecule has 1 rings (SSSR count). The molecule has 0 atom stereocenters. The quantitative estimate of drug-likeness (QED) is 0.790. The van der Waals surface area contributed by atoms with Crippen LogP contribution in [-0.4, -0.2) is 20.1 Å². The van der Waals surface area contributed by atoms with Gasteiger partial charge in [0.25, 0.3) is 0 Å². The Kier molecular flexibility index (Phi) is 3.96. The van der Waals surface area contributed by atoms with Gasteiger partial charge in [-0.15, -0.1) is 0 Å². The lowest BCUT2D eigenvalue weighted by atomic mass is 10.1. The van der Waals surface area contributed by atoms with E-state index in [1.54, 1.807) is 0 Å². The number of hydrogen-bond donors (Lipinski definition) is 1. The molecular weight excluding hydrogens is 172 g/mol. The second-order valence-corrected chi connectivity index (χ2v) is 3.67. The van der Waals surface area contributed by atoms with E-state index in [-0.39, 0.29) is 0 Å². The van der Waals surface area contributed by atoms with Gasteiger partial charge >= 0.3 is 0 Å². The van der Waals surface area contributed by atoms with Gasteiger partial charge in [-0.05, 0) is 44.0 Å². The lowest BCUT2D eigenvalue weighted by Crippen LogP contribution is -2.17. The summed E-state index contributed by atoms with van der Waals surface area (Å²) < 4.78 is 0. The van der Waals surface area contributed by atoms with Crippen LogP contribution in [0.15, 0.2) is 18.2 Å². The van der Waals surface area contributed by atoms with E-state index in [4.69, 9.17) is 5.73 Å². The van der Waals surface area contributed by atoms with Gasteiger partial charge < -0.3 is 10.6 Å². The van der Waals surface area contributed by atoms with Crippen molar-refractivity contribution in [1.82, 2.24) is 0 Å². The monoisotopic (exact) mass is 192 g/mol. The smallest absolute Gasteiger partial charge is 0.0393 e. The van der Waals surface area contributed by atoms with E-state index in [2.05, 4.69) is 44.0 Å². The van der Waals surface area contributed by atoms with E-state index in [9.17, 15) is 0 Å². The van der Waals surface area contributed by atoms with Gasteiger partial charge in [-0.1, -0.05) is 12.1 Å². The fourth-order valence-electron chi connectivity index (χ4n) is 1.64. The highest BCUT2D eigenvalue weighted by Crippen LogP contribution is 2.19. The third kappa shape index (κ3) is 2.48. The molecule has 0 fully saturated rings. The normalized spacial score (nSPS) is 10.3. The first-order valence-electron chi connectivity index (χ1n) is 5.19. The molecule has 0 bridgehead atoms. The number of hydrogen-bond acceptors (Lipinski definition) is 2. The molecule has 78 valence electrons. The first-order chi connectivity index (χ1) is 6.69. The first kappa shape index (κ1) is 11.1. The SMILES string of the molecule is CCN(C)c1ccc(CCN)cc1C. The highest BCUT2D eigenvalue weighted by molar-refractivity contribution is 5.53. The summed E-state index contributed by atoms with van der Waals surface area (Å²) in [6.45, 7) is 6.08. The van der Waals surface area contributed by atoms with Crippen LogP contribution in [0.5, 0.6) is 0 Å². The first-order valence-corrected chi connectivity index (χ1v) is 5.19. The summed E-state index contributed by atoms with van der Waals surface area (Å²) >= 11 is 0. The maximum atomic E-state index is 5.52. The highest BCUT2D eigenvalue weighted by atomic mass is 15.1. The van der Waals surface area contributed by atoms with Crippen LogP contribution < -0.4 is 10.6 Å². The molecule has 0 amide bonds. The lowest BCUT2D eigenvalue weighted by molar-refractivity contribution is 0.945. The average molecular weight is 192 g/mol. The summed E-state index contributed by atoms with van der Waals surface area (Å²) in [5.74, 6) is 0. The summed E-state index contributed by atoms with van der Waals surface area (Å²) in [4.78, 5) is 2.25. The standard InChI is InChI=1S/C12H20N2/c1-4-14(3)12-6-5-11(7-8-13)9-10(12)2/h5-6,9H,4,7-8,13H2,1-3H3. The minimum atomic E-state index is 0.725. The van der Waals surface area contributed by atoms with E-state index in [1.165, 1.54) is 16.8 Å². The lowest BCUT2D eigenvalue weighted by Gasteiger charge is -2.19. The molecule has 0 saturated carbocycles. The van der Waals surface area contributed by atoms with Gasteiger partial charge in [0.2, 0.25) is 0 Å². The predicted octanol–water partition coefficient (Wildman–Crippen LogP) is 1.95.